The van der Waals surface area contributed by atoms with Gasteiger partial charge >= 0.3 is 0 Å². The molecule has 4 aromatic rings. The molecule has 162 valence electrons. The second-order valence-electron chi connectivity index (χ2n) is 6.88. The highest BCUT2D eigenvalue weighted by atomic mass is 16.5. The van der Waals surface area contributed by atoms with Crippen LogP contribution >= 0.6 is 0 Å². The Morgan fingerprint density at radius 2 is 1.78 bits per heavy atom. The fraction of sp³-hybridized carbons (Fsp3) is 0.130. The monoisotopic (exact) mass is 430 g/mol. The molecule has 0 saturated carbocycles. The topological polar surface area (TPSA) is 124 Å². The van der Waals surface area contributed by atoms with Crippen molar-refractivity contribution in [3.8, 4) is 22.8 Å². The van der Waals surface area contributed by atoms with Crippen molar-refractivity contribution in [2.45, 2.75) is 0 Å². The molecule has 4 rings (SSSR count). The number of rotatable bonds is 6. The molecule has 0 aliphatic rings. The van der Waals surface area contributed by atoms with Crippen LogP contribution in [0.25, 0.3) is 22.2 Å². The van der Waals surface area contributed by atoms with Gasteiger partial charge in [-0.3, -0.25) is 4.79 Å². The molecule has 1 amide bonds. The molecular weight excluding hydrogens is 408 g/mol. The molecule has 4 N–H and O–H groups in total. The van der Waals surface area contributed by atoms with Crippen LogP contribution in [0.3, 0.4) is 0 Å². The summed E-state index contributed by atoms with van der Waals surface area (Å²) in [5.74, 6) is 1.67. The lowest BCUT2D eigenvalue weighted by Gasteiger charge is -2.13. The quantitative estimate of drug-likeness (QED) is 0.424. The fourth-order valence-electron chi connectivity index (χ4n) is 3.27. The summed E-state index contributed by atoms with van der Waals surface area (Å²) in [6.07, 6.45) is 1.44. The summed E-state index contributed by atoms with van der Waals surface area (Å²) >= 11 is 0. The molecule has 0 spiro atoms. The van der Waals surface area contributed by atoms with Crippen molar-refractivity contribution in [3.63, 3.8) is 0 Å². The van der Waals surface area contributed by atoms with E-state index in [0.29, 0.717) is 45.7 Å². The number of fused-ring (bicyclic) bond motifs is 1. The van der Waals surface area contributed by atoms with Gasteiger partial charge in [-0.1, -0.05) is 12.1 Å². The number of carbonyl (C=O) groups is 1. The second kappa shape index (κ2) is 8.76. The van der Waals surface area contributed by atoms with E-state index in [1.807, 2.05) is 24.3 Å². The Morgan fingerprint density at radius 3 is 2.47 bits per heavy atom. The maximum atomic E-state index is 12.6. The summed E-state index contributed by atoms with van der Waals surface area (Å²) in [5, 5.41) is 6.65. The molecule has 0 atom stereocenters. The summed E-state index contributed by atoms with van der Waals surface area (Å²) in [4.78, 5) is 25.7. The second-order valence-corrected chi connectivity index (χ2v) is 6.88. The predicted molar refractivity (Wildman–Crippen MR) is 124 cm³/mol. The minimum Gasteiger partial charge on any atom is -0.493 e. The standard InChI is InChI=1S/C23H22N6O3/c1-25-23-28-17-11-19(32-3)18(31-2)10-16(17)21(29-23)13-5-4-6-15(9-13)27-22(30)14-7-8-20(24)26-12-14/h4-12H,1-3H3,(H2,24,26)(H,27,30)(H,25,28,29). The third kappa shape index (κ3) is 4.08. The van der Waals surface area contributed by atoms with Crippen LogP contribution in [0.4, 0.5) is 17.5 Å². The Bertz CT molecular complexity index is 1290. The van der Waals surface area contributed by atoms with Crippen LogP contribution in [-0.4, -0.2) is 42.1 Å². The first-order chi connectivity index (χ1) is 15.5. The minimum atomic E-state index is -0.287. The molecule has 2 aromatic carbocycles. The summed E-state index contributed by atoms with van der Waals surface area (Å²) in [7, 11) is 4.91. The number of hydrogen-bond acceptors (Lipinski definition) is 8. The molecule has 2 aromatic heterocycles. The number of carbonyl (C=O) groups excluding carboxylic acids is 1. The van der Waals surface area contributed by atoms with Gasteiger partial charge in [-0.15, -0.1) is 0 Å². The number of aromatic nitrogens is 3. The number of ether oxygens (including phenoxy) is 2. The van der Waals surface area contributed by atoms with Gasteiger partial charge in [0.25, 0.3) is 5.91 Å². The van der Waals surface area contributed by atoms with Crippen LogP contribution < -0.4 is 25.8 Å². The molecule has 0 radical (unpaired) electrons. The Labute approximate surface area is 184 Å². The molecule has 9 heteroatoms. The van der Waals surface area contributed by atoms with E-state index in [9.17, 15) is 4.79 Å². The van der Waals surface area contributed by atoms with Crippen LogP contribution in [-0.2, 0) is 0 Å². The van der Waals surface area contributed by atoms with Crippen LogP contribution in [0.2, 0.25) is 0 Å². The Morgan fingerprint density at radius 1 is 1.00 bits per heavy atom. The normalized spacial score (nSPS) is 10.6. The zero-order valence-electron chi connectivity index (χ0n) is 17.8. The van der Waals surface area contributed by atoms with Gasteiger partial charge in [-0.05, 0) is 30.3 Å². The molecule has 0 fully saturated rings. The van der Waals surface area contributed by atoms with E-state index in [1.165, 1.54) is 6.20 Å². The Kier molecular flexibility index (Phi) is 5.71. The maximum Gasteiger partial charge on any atom is 0.257 e. The van der Waals surface area contributed by atoms with Crippen LogP contribution in [0.5, 0.6) is 11.5 Å². The predicted octanol–water partition coefficient (Wildman–Crippen LogP) is 3.59. The van der Waals surface area contributed by atoms with Gasteiger partial charge in [-0.25, -0.2) is 15.0 Å². The van der Waals surface area contributed by atoms with E-state index in [1.54, 1.807) is 45.5 Å². The molecule has 2 heterocycles. The van der Waals surface area contributed by atoms with Crippen molar-refractivity contribution >= 4 is 34.3 Å². The van der Waals surface area contributed by atoms with Gasteiger partial charge in [0.15, 0.2) is 11.5 Å². The van der Waals surface area contributed by atoms with Crippen molar-refractivity contribution < 1.29 is 14.3 Å². The Balaban J connectivity index is 1.77. The van der Waals surface area contributed by atoms with E-state index < -0.39 is 0 Å². The van der Waals surface area contributed by atoms with Crippen molar-refractivity contribution in [2.24, 2.45) is 0 Å². The molecule has 0 aliphatic heterocycles. The van der Waals surface area contributed by atoms with Crippen molar-refractivity contribution in [2.75, 3.05) is 37.6 Å². The number of nitrogens with zero attached hydrogens (tertiary/aromatic N) is 3. The lowest BCUT2D eigenvalue weighted by molar-refractivity contribution is 0.102. The summed E-state index contributed by atoms with van der Waals surface area (Å²) < 4.78 is 10.9. The molecule has 9 nitrogen and oxygen atoms in total. The molecule has 0 saturated heterocycles. The number of pyridine rings is 1. The van der Waals surface area contributed by atoms with Gasteiger partial charge in [-0.2, -0.15) is 0 Å². The number of nitrogens with one attached hydrogen (secondary N) is 2. The average Bonchev–Trinajstić information content (AvgIpc) is 2.82. The first kappa shape index (κ1) is 20.9. The van der Waals surface area contributed by atoms with E-state index in [-0.39, 0.29) is 5.91 Å². The number of hydrogen-bond donors (Lipinski definition) is 3. The molecule has 0 bridgehead atoms. The molecule has 32 heavy (non-hydrogen) atoms. The first-order valence-corrected chi connectivity index (χ1v) is 9.77. The largest absolute Gasteiger partial charge is 0.493 e. The summed E-state index contributed by atoms with van der Waals surface area (Å²) in [6, 6.07) is 14.3. The van der Waals surface area contributed by atoms with Crippen molar-refractivity contribution in [1.82, 2.24) is 15.0 Å². The number of anilines is 3. The first-order valence-electron chi connectivity index (χ1n) is 9.77. The molecule has 0 unspecified atom stereocenters. The van der Waals surface area contributed by atoms with Crippen molar-refractivity contribution in [1.29, 1.82) is 0 Å². The van der Waals surface area contributed by atoms with E-state index in [0.717, 1.165) is 10.9 Å². The highest BCUT2D eigenvalue weighted by Crippen LogP contribution is 2.36. The van der Waals surface area contributed by atoms with E-state index >= 15 is 0 Å². The van der Waals surface area contributed by atoms with Gasteiger partial charge < -0.3 is 25.8 Å². The number of amides is 1. The lowest BCUT2D eigenvalue weighted by Crippen LogP contribution is -2.12. The van der Waals surface area contributed by atoms with Crippen LogP contribution in [0, 0.1) is 0 Å². The van der Waals surface area contributed by atoms with E-state index in [2.05, 4.69) is 25.6 Å². The fourth-order valence-corrected chi connectivity index (χ4v) is 3.27. The minimum absolute atomic E-state index is 0.287. The van der Waals surface area contributed by atoms with Gasteiger partial charge in [0, 0.05) is 35.9 Å². The summed E-state index contributed by atoms with van der Waals surface area (Å²) in [5.41, 5.74) is 8.80. The van der Waals surface area contributed by atoms with E-state index in [4.69, 9.17) is 15.2 Å². The highest BCUT2D eigenvalue weighted by Gasteiger charge is 2.15. The maximum absolute atomic E-state index is 12.6. The highest BCUT2D eigenvalue weighted by molar-refractivity contribution is 6.04. The van der Waals surface area contributed by atoms with Crippen LogP contribution in [0.1, 0.15) is 10.4 Å². The number of methoxy groups -OCH3 is 2. The zero-order valence-corrected chi connectivity index (χ0v) is 17.8. The SMILES string of the molecule is CNc1nc(-c2cccc(NC(=O)c3ccc(N)nc3)c2)c2cc(OC)c(OC)cc2n1. The molecule has 0 aliphatic carbocycles. The third-order valence-corrected chi connectivity index (χ3v) is 4.87. The molecular formula is C23H22N6O3. The van der Waals surface area contributed by atoms with Gasteiger partial charge in [0.05, 0.1) is 31.0 Å². The third-order valence-electron chi connectivity index (χ3n) is 4.87. The van der Waals surface area contributed by atoms with Gasteiger partial charge in [0.2, 0.25) is 5.95 Å². The zero-order chi connectivity index (χ0) is 22.7. The van der Waals surface area contributed by atoms with Crippen molar-refractivity contribution in [3.05, 3.63) is 60.3 Å². The summed E-state index contributed by atoms with van der Waals surface area (Å²) in [6.45, 7) is 0. The number of benzene rings is 2. The van der Waals surface area contributed by atoms with Gasteiger partial charge in [0.1, 0.15) is 5.82 Å². The smallest absolute Gasteiger partial charge is 0.257 e. The van der Waals surface area contributed by atoms with Crippen LogP contribution in [0.15, 0.2) is 54.7 Å². The lowest BCUT2D eigenvalue weighted by atomic mass is 10.0. The number of nitrogen functional groups attached to an aromatic ring is 1. The average molecular weight is 430 g/mol. The Hall–Kier alpha value is -4.40. The number of nitrogens with two attached hydrogens (primary N) is 1.